The van der Waals surface area contributed by atoms with Crippen LogP contribution in [0.15, 0.2) is 22.4 Å². The molecule has 0 bridgehead atoms. The molecule has 0 aromatic rings. The average molecular weight is 289 g/mol. The van der Waals surface area contributed by atoms with Gasteiger partial charge in [-0.15, -0.1) is 0 Å². The van der Waals surface area contributed by atoms with Crippen molar-refractivity contribution >= 4 is 11.8 Å². The standard InChI is InChI=1S/C10H16N4.C4H3NO2/c1-5-9(3,7-11)13-14-10(4,6-2)8-12;6-3-1-2-4(7)5-3/h5-6H2,1-4H3;1-2H,(H,5,6,7)/b14-13+;. The van der Waals surface area contributed by atoms with Crippen molar-refractivity contribution in [3.63, 3.8) is 0 Å². The number of hydrogen-bond donors (Lipinski definition) is 1. The smallest absolute Gasteiger partial charge is 0.250 e. The van der Waals surface area contributed by atoms with Crippen LogP contribution in [0.5, 0.6) is 0 Å². The Morgan fingerprint density at radius 1 is 1.00 bits per heavy atom. The van der Waals surface area contributed by atoms with E-state index in [1.807, 2.05) is 19.2 Å². The Balaban J connectivity index is 0.000000471. The van der Waals surface area contributed by atoms with Gasteiger partial charge in [0.2, 0.25) is 0 Å². The topological polar surface area (TPSA) is 118 Å². The normalized spacial score (nSPS) is 18.8. The first-order valence-corrected chi connectivity index (χ1v) is 6.53. The SMILES string of the molecule is CCC(C)(C#N)/N=N/C(C)(C#N)CC.O=C1C=CC(=O)N1. The van der Waals surface area contributed by atoms with Crippen molar-refractivity contribution in [2.45, 2.75) is 51.6 Å². The zero-order chi connectivity index (χ0) is 16.5. The van der Waals surface area contributed by atoms with Crippen molar-refractivity contribution in [3.8, 4) is 12.1 Å². The summed E-state index contributed by atoms with van der Waals surface area (Å²) in [6, 6.07) is 4.16. The first-order chi connectivity index (χ1) is 9.74. The van der Waals surface area contributed by atoms with E-state index in [0.717, 1.165) is 0 Å². The van der Waals surface area contributed by atoms with Crippen LogP contribution in [-0.2, 0) is 9.59 Å². The summed E-state index contributed by atoms with van der Waals surface area (Å²) in [4.78, 5) is 20.1. The van der Waals surface area contributed by atoms with Crippen LogP contribution in [0.4, 0.5) is 0 Å². The molecule has 0 saturated heterocycles. The maximum Gasteiger partial charge on any atom is 0.250 e. The van der Waals surface area contributed by atoms with E-state index in [4.69, 9.17) is 10.5 Å². The molecule has 2 unspecified atom stereocenters. The molecular formula is C14H19N5O2. The molecule has 0 saturated carbocycles. The predicted octanol–water partition coefficient (Wildman–Crippen LogP) is 2.02. The minimum absolute atomic E-state index is 0.329. The Hall–Kier alpha value is -2.54. The molecule has 1 heterocycles. The van der Waals surface area contributed by atoms with E-state index in [0.29, 0.717) is 12.8 Å². The van der Waals surface area contributed by atoms with E-state index in [1.54, 1.807) is 13.8 Å². The van der Waals surface area contributed by atoms with Gasteiger partial charge in [0.1, 0.15) is 0 Å². The van der Waals surface area contributed by atoms with Gasteiger partial charge in [-0.2, -0.15) is 20.8 Å². The second kappa shape index (κ2) is 7.91. The van der Waals surface area contributed by atoms with Crippen LogP contribution in [0.1, 0.15) is 40.5 Å². The van der Waals surface area contributed by atoms with Gasteiger partial charge in [-0.25, -0.2) is 0 Å². The number of carbonyl (C=O) groups is 2. The molecule has 2 atom stereocenters. The van der Waals surface area contributed by atoms with Crippen molar-refractivity contribution < 1.29 is 9.59 Å². The summed E-state index contributed by atoms with van der Waals surface area (Å²) in [7, 11) is 0. The maximum absolute atomic E-state index is 10.0. The van der Waals surface area contributed by atoms with Crippen LogP contribution in [0.25, 0.3) is 0 Å². The van der Waals surface area contributed by atoms with E-state index >= 15 is 0 Å². The number of carbonyl (C=O) groups excluding carboxylic acids is 2. The molecule has 1 aliphatic heterocycles. The third-order valence-corrected chi connectivity index (χ3v) is 2.98. The van der Waals surface area contributed by atoms with Crippen molar-refractivity contribution in [1.29, 1.82) is 10.5 Å². The van der Waals surface area contributed by atoms with Crippen LogP contribution >= 0.6 is 0 Å². The highest BCUT2D eigenvalue weighted by molar-refractivity contribution is 6.12. The molecule has 0 aromatic carbocycles. The lowest BCUT2D eigenvalue weighted by Crippen LogP contribution is -2.22. The predicted molar refractivity (Wildman–Crippen MR) is 75.8 cm³/mol. The summed E-state index contributed by atoms with van der Waals surface area (Å²) in [5.74, 6) is -0.657. The monoisotopic (exact) mass is 289 g/mol. The summed E-state index contributed by atoms with van der Waals surface area (Å²) < 4.78 is 0. The maximum atomic E-state index is 10.0. The van der Waals surface area contributed by atoms with Gasteiger partial charge in [0.15, 0.2) is 11.1 Å². The van der Waals surface area contributed by atoms with E-state index in [1.165, 1.54) is 12.2 Å². The number of azo groups is 1. The third-order valence-electron chi connectivity index (χ3n) is 2.98. The van der Waals surface area contributed by atoms with Gasteiger partial charge in [0.25, 0.3) is 11.8 Å². The Bertz CT molecular complexity index is 495. The summed E-state index contributed by atoms with van der Waals surface area (Å²) in [5.41, 5.74) is -1.60. The van der Waals surface area contributed by atoms with Crippen molar-refractivity contribution in [2.24, 2.45) is 10.2 Å². The van der Waals surface area contributed by atoms with Gasteiger partial charge in [0, 0.05) is 12.2 Å². The first kappa shape index (κ1) is 18.5. The molecule has 0 aromatic heterocycles. The summed E-state index contributed by atoms with van der Waals surface area (Å²) in [6.45, 7) is 7.17. The molecule has 7 nitrogen and oxygen atoms in total. The van der Waals surface area contributed by atoms with E-state index in [9.17, 15) is 9.59 Å². The minimum atomic E-state index is -0.798. The summed E-state index contributed by atoms with van der Waals surface area (Å²) in [6.07, 6.45) is 3.58. The molecule has 21 heavy (non-hydrogen) atoms. The molecule has 0 spiro atoms. The lowest BCUT2D eigenvalue weighted by Gasteiger charge is -2.16. The molecule has 112 valence electrons. The zero-order valence-corrected chi connectivity index (χ0v) is 12.7. The Kier molecular flexibility index (Phi) is 6.95. The fraction of sp³-hybridized carbons (Fsp3) is 0.571. The second-order valence-electron chi connectivity index (χ2n) is 4.87. The number of rotatable bonds is 4. The van der Waals surface area contributed by atoms with Crippen LogP contribution in [0, 0.1) is 22.7 Å². The number of amides is 2. The first-order valence-electron chi connectivity index (χ1n) is 6.53. The lowest BCUT2D eigenvalue weighted by atomic mass is 10.0. The highest BCUT2D eigenvalue weighted by Gasteiger charge is 2.25. The van der Waals surface area contributed by atoms with Gasteiger partial charge in [-0.3, -0.25) is 14.9 Å². The average Bonchev–Trinajstić information content (AvgIpc) is 2.88. The molecule has 0 aliphatic carbocycles. The molecular weight excluding hydrogens is 270 g/mol. The van der Waals surface area contributed by atoms with E-state index in [-0.39, 0.29) is 11.8 Å². The summed E-state index contributed by atoms with van der Waals surface area (Å²) >= 11 is 0. The van der Waals surface area contributed by atoms with Gasteiger partial charge < -0.3 is 0 Å². The Morgan fingerprint density at radius 2 is 1.33 bits per heavy atom. The van der Waals surface area contributed by atoms with Crippen LogP contribution < -0.4 is 5.32 Å². The Morgan fingerprint density at radius 3 is 1.48 bits per heavy atom. The third kappa shape index (κ3) is 6.44. The van der Waals surface area contributed by atoms with Gasteiger partial charge in [-0.05, 0) is 26.7 Å². The Labute approximate surface area is 124 Å². The van der Waals surface area contributed by atoms with Crippen LogP contribution in [-0.4, -0.2) is 22.9 Å². The van der Waals surface area contributed by atoms with Crippen LogP contribution in [0.3, 0.4) is 0 Å². The van der Waals surface area contributed by atoms with E-state index in [2.05, 4.69) is 22.4 Å². The molecule has 7 heteroatoms. The van der Waals surface area contributed by atoms with Crippen LogP contribution in [0.2, 0.25) is 0 Å². The van der Waals surface area contributed by atoms with Crippen molar-refractivity contribution in [3.05, 3.63) is 12.2 Å². The highest BCUT2D eigenvalue weighted by Crippen LogP contribution is 2.20. The van der Waals surface area contributed by atoms with E-state index < -0.39 is 11.1 Å². The highest BCUT2D eigenvalue weighted by atomic mass is 16.2. The number of nitriles is 2. The van der Waals surface area contributed by atoms with Gasteiger partial charge in [-0.1, -0.05) is 13.8 Å². The van der Waals surface area contributed by atoms with Gasteiger partial charge >= 0.3 is 0 Å². The number of imide groups is 1. The number of nitrogens with one attached hydrogen (secondary N) is 1. The fourth-order valence-electron chi connectivity index (χ4n) is 0.921. The van der Waals surface area contributed by atoms with Gasteiger partial charge in [0.05, 0.1) is 12.1 Å². The number of hydrogen-bond acceptors (Lipinski definition) is 6. The number of nitrogens with zero attached hydrogens (tertiary/aromatic N) is 4. The molecule has 1 aliphatic rings. The molecule has 0 fully saturated rings. The molecule has 1 N–H and O–H groups in total. The summed E-state index contributed by atoms with van der Waals surface area (Å²) in [5, 5.41) is 27.6. The van der Waals surface area contributed by atoms with Crippen molar-refractivity contribution in [2.75, 3.05) is 0 Å². The molecule has 2 amide bonds. The minimum Gasteiger partial charge on any atom is -0.289 e. The zero-order valence-electron chi connectivity index (χ0n) is 12.7. The largest absolute Gasteiger partial charge is 0.289 e. The van der Waals surface area contributed by atoms with Crippen molar-refractivity contribution in [1.82, 2.24) is 5.32 Å². The molecule has 1 rings (SSSR count). The quantitative estimate of drug-likeness (QED) is 0.629. The molecule has 0 radical (unpaired) electrons. The lowest BCUT2D eigenvalue weighted by molar-refractivity contribution is -0.123. The fourth-order valence-corrected chi connectivity index (χ4v) is 0.921. The second-order valence-corrected chi connectivity index (χ2v) is 4.87.